The first-order valence-electron chi connectivity index (χ1n) is 10.1. The van der Waals surface area contributed by atoms with Crippen molar-refractivity contribution in [1.82, 2.24) is 5.32 Å². The minimum atomic E-state index is -3.85. The van der Waals surface area contributed by atoms with Gasteiger partial charge in [0.2, 0.25) is 0 Å². The van der Waals surface area contributed by atoms with Gasteiger partial charge < -0.3 is 19.5 Å². The van der Waals surface area contributed by atoms with E-state index in [1.807, 2.05) is 44.2 Å². The van der Waals surface area contributed by atoms with Crippen LogP contribution in [0.4, 0.5) is 0 Å². The lowest BCUT2D eigenvalue weighted by Crippen LogP contribution is -2.31. The van der Waals surface area contributed by atoms with Crippen molar-refractivity contribution >= 4 is 10.1 Å². The molecular weight excluding hydrogens is 406 g/mol. The quantitative estimate of drug-likeness (QED) is 0.380. The average molecular weight is 438 g/mol. The van der Waals surface area contributed by atoms with E-state index >= 15 is 0 Å². The molecule has 1 atom stereocenters. The summed E-state index contributed by atoms with van der Waals surface area (Å²) in [5.41, 5.74) is 0.872. The first-order chi connectivity index (χ1) is 14.4. The van der Waals surface area contributed by atoms with Crippen molar-refractivity contribution in [2.75, 3.05) is 33.5 Å². The van der Waals surface area contributed by atoms with E-state index in [4.69, 9.17) is 18.4 Å². The lowest BCUT2D eigenvalue weighted by atomic mass is 10.1. The lowest BCUT2D eigenvalue weighted by molar-refractivity contribution is 0.272. The smallest absolute Gasteiger partial charge is 0.300 e. The monoisotopic (exact) mass is 437 g/mol. The summed E-state index contributed by atoms with van der Waals surface area (Å²) in [6.45, 7) is 7.38. The summed E-state index contributed by atoms with van der Waals surface area (Å²) in [5.74, 6) is 1.72. The van der Waals surface area contributed by atoms with Gasteiger partial charge in [0.05, 0.1) is 20.3 Å². The Labute approximate surface area is 179 Å². The zero-order chi connectivity index (χ0) is 22.0. The Kier molecular flexibility index (Phi) is 9.42. The number of benzene rings is 2. The molecule has 0 unspecified atom stereocenters. The van der Waals surface area contributed by atoms with E-state index in [0.29, 0.717) is 26.2 Å². The molecule has 7 nitrogen and oxygen atoms in total. The number of ether oxygens (including phenoxy) is 3. The molecule has 0 aliphatic heterocycles. The fourth-order valence-electron chi connectivity index (χ4n) is 3.00. The van der Waals surface area contributed by atoms with Crippen LogP contribution in [-0.2, 0) is 20.7 Å². The normalized spacial score (nSPS) is 12.4. The largest absolute Gasteiger partial charge is 0.495 e. The van der Waals surface area contributed by atoms with Crippen molar-refractivity contribution < 1.29 is 26.8 Å². The highest BCUT2D eigenvalue weighted by atomic mass is 32.2. The fraction of sp³-hybridized carbons (Fsp3) is 0.455. The van der Waals surface area contributed by atoms with Crippen LogP contribution in [0.15, 0.2) is 47.4 Å². The van der Waals surface area contributed by atoms with Crippen LogP contribution in [0.5, 0.6) is 17.2 Å². The third kappa shape index (κ3) is 6.90. The van der Waals surface area contributed by atoms with Crippen LogP contribution in [0, 0.1) is 0 Å². The standard InChI is InChI=1S/C22H31NO6S/c1-5-27-19-9-7-8-10-20(19)28-14-13-23-17(3)15-18-11-12-21(26-4)22(16-18)30(24,25)29-6-2/h7-12,16-17,23H,5-6,13-15H2,1-4H3/t17-/m1/s1. The molecule has 0 spiro atoms. The van der Waals surface area contributed by atoms with Crippen LogP contribution >= 0.6 is 0 Å². The third-order valence-corrected chi connectivity index (χ3v) is 5.72. The fourth-order valence-corrected chi connectivity index (χ4v) is 4.13. The molecule has 0 amide bonds. The summed E-state index contributed by atoms with van der Waals surface area (Å²) < 4.78 is 46.1. The van der Waals surface area contributed by atoms with Crippen molar-refractivity contribution in [1.29, 1.82) is 0 Å². The number of rotatable bonds is 13. The van der Waals surface area contributed by atoms with E-state index in [0.717, 1.165) is 17.1 Å². The van der Waals surface area contributed by atoms with Crippen molar-refractivity contribution in [3.63, 3.8) is 0 Å². The third-order valence-electron chi connectivity index (χ3n) is 4.31. The molecule has 0 bridgehead atoms. The van der Waals surface area contributed by atoms with E-state index in [1.54, 1.807) is 19.1 Å². The summed E-state index contributed by atoms with van der Waals surface area (Å²) in [7, 11) is -2.41. The second-order valence-electron chi connectivity index (χ2n) is 6.63. The lowest BCUT2D eigenvalue weighted by Gasteiger charge is -2.17. The van der Waals surface area contributed by atoms with Gasteiger partial charge in [-0.05, 0) is 57.0 Å². The molecule has 1 N–H and O–H groups in total. The van der Waals surface area contributed by atoms with Gasteiger partial charge in [0.25, 0.3) is 0 Å². The van der Waals surface area contributed by atoms with Gasteiger partial charge in [0.1, 0.15) is 17.3 Å². The van der Waals surface area contributed by atoms with Crippen molar-refractivity contribution in [2.45, 2.75) is 38.1 Å². The Balaban J connectivity index is 1.91. The van der Waals surface area contributed by atoms with E-state index in [9.17, 15) is 8.42 Å². The van der Waals surface area contributed by atoms with Gasteiger partial charge >= 0.3 is 10.1 Å². The second kappa shape index (κ2) is 11.8. The molecule has 30 heavy (non-hydrogen) atoms. The number of hydrogen-bond acceptors (Lipinski definition) is 7. The molecule has 0 aliphatic rings. The molecule has 2 aromatic rings. The van der Waals surface area contributed by atoms with Gasteiger partial charge in [0.15, 0.2) is 11.5 Å². The molecular formula is C22H31NO6S. The highest BCUT2D eigenvalue weighted by Gasteiger charge is 2.21. The van der Waals surface area contributed by atoms with Crippen molar-refractivity contribution in [3.05, 3.63) is 48.0 Å². The Bertz CT molecular complexity index is 900. The van der Waals surface area contributed by atoms with Crippen LogP contribution in [0.2, 0.25) is 0 Å². The van der Waals surface area contributed by atoms with Gasteiger partial charge in [-0.2, -0.15) is 8.42 Å². The van der Waals surface area contributed by atoms with Crippen molar-refractivity contribution in [3.8, 4) is 17.2 Å². The van der Waals surface area contributed by atoms with Crippen molar-refractivity contribution in [2.24, 2.45) is 0 Å². The predicted molar refractivity (Wildman–Crippen MR) is 116 cm³/mol. The highest BCUT2D eigenvalue weighted by molar-refractivity contribution is 7.86. The number of nitrogens with one attached hydrogen (secondary N) is 1. The van der Waals surface area contributed by atoms with Gasteiger partial charge in [-0.25, -0.2) is 0 Å². The molecule has 0 aliphatic carbocycles. The molecule has 0 radical (unpaired) electrons. The number of hydrogen-bond donors (Lipinski definition) is 1. The van der Waals surface area contributed by atoms with Crippen LogP contribution in [0.3, 0.4) is 0 Å². The zero-order valence-electron chi connectivity index (χ0n) is 18.0. The molecule has 0 aromatic heterocycles. The Morgan fingerprint density at radius 1 is 0.967 bits per heavy atom. The molecule has 166 valence electrons. The van der Waals surface area contributed by atoms with Crippen LogP contribution in [0.25, 0.3) is 0 Å². The highest BCUT2D eigenvalue weighted by Crippen LogP contribution is 2.27. The maximum atomic E-state index is 12.3. The first-order valence-corrected chi connectivity index (χ1v) is 11.5. The molecule has 0 heterocycles. The summed E-state index contributed by atoms with van der Waals surface area (Å²) in [5, 5.41) is 3.39. The molecule has 0 fully saturated rings. The van der Waals surface area contributed by atoms with Gasteiger partial charge in [-0.3, -0.25) is 4.18 Å². The average Bonchev–Trinajstić information content (AvgIpc) is 2.72. The van der Waals surface area contributed by atoms with Crippen LogP contribution in [-0.4, -0.2) is 47.9 Å². The summed E-state index contributed by atoms with van der Waals surface area (Å²) in [6.07, 6.45) is 0.647. The minimum absolute atomic E-state index is 0.0485. The topological polar surface area (TPSA) is 83.1 Å². The molecule has 0 saturated carbocycles. The van der Waals surface area contributed by atoms with E-state index in [2.05, 4.69) is 5.32 Å². The summed E-state index contributed by atoms with van der Waals surface area (Å²) >= 11 is 0. The number of para-hydroxylation sites is 2. The molecule has 2 aromatic carbocycles. The summed E-state index contributed by atoms with van der Waals surface area (Å²) in [4.78, 5) is 0.0485. The van der Waals surface area contributed by atoms with Gasteiger partial charge in [-0.15, -0.1) is 0 Å². The van der Waals surface area contributed by atoms with E-state index < -0.39 is 10.1 Å². The Morgan fingerprint density at radius 2 is 1.67 bits per heavy atom. The molecule has 8 heteroatoms. The molecule has 2 rings (SSSR count). The SMILES string of the molecule is CCOc1ccccc1OCCN[C@H](C)Cc1ccc(OC)c(S(=O)(=O)OCC)c1. The predicted octanol–water partition coefficient (Wildman–Crippen LogP) is 3.42. The van der Waals surface area contributed by atoms with Gasteiger partial charge in [0, 0.05) is 12.6 Å². The second-order valence-corrected chi connectivity index (χ2v) is 8.22. The Morgan fingerprint density at radius 3 is 2.30 bits per heavy atom. The van der Waals surface area contributed by atoms with E-state index in [1.165, 1.54) is 7.11 Å². The maximum absolute atomic E-state index is 12.3. The zero-order valence-corrected chi connectivity index (χ0v) is 18.8. The number of methoxy groups -OCH3 is 1. The van der Waals surface area contributed by atoms with Gasteiger partial charge in [-0.1, -0.05) is 18.2 Å². The van der Waals surface area contributed by atoms with E-state index in [-0.39, 0.29) is 23.3 Å². The Hall–Kier alpha value is -2.29. The maximum Gasteiger partial charge on any atom is 0.300 e. The summed E-state index contributed by atoms with van der Waals surface area (Å²) in [6, 6.07) is 12.8. The molecule has 0 saturated heterocycles. The van der Waals surface area contributed by atoms with Crippen LogP contribution in [0.1, 0.15) is 26.3 Å². The minimum Gasteiger partial charge on any atom is -0.495 e. The first kappa shape index (κ1) is 24.0. The van der Waals surface area contributed by atoms with Crippen LogP contribution < -0.4 is 19.5 Å².